The Morgan fingerprint density at radius 1 is 1.21 bits per heavy atom. The Balaban J connectivity index is 2.21. The van der Waals surface area contributed by atoms with Crippen molar-refractivity contribution in [3.8, 4) is 11.3 Å². The Bertz CT molecular complexity index is 886. The Morgan fingerprint density at radius 2 is 1.96 bits per heavy atom. The van der Waals surface area contributed by atoms with E-state index in [1.54, 1.807) is 0 Å². The molecule has 0 unspecified atom stereocenters. The van der Waals surface area contributed by atoms with Gasteiger partial charge in [-0.1, -0.05) is 48.1 Å². The lowest BCUT2D eigenvalue weighted by molar-refractivity contribution is 0.0959. The van der Waals surface area contributed by atoms with E-state index in [1.165, 1.54) is 13.1 Å². The van der Waals surface area contributed by atoms with Crippen molar-refractivity contribution in [3.05, 3.63) is 75.7 Å². The molecule has 3 rings (SSSR count). The number of hydrogen-bond donors (Lipinski definition) is 1. The molecule has 1 aliphatic carbocycles. The summed E-state index contributed by atoms with van der Waals surface area (Å²) in [4.78, 5) is 24.8. The molecule has 0 bridgehead atoms. The van der Waals surface area contributed by atoms with E-state index < -0.39 is 5.91 Å². The second-order valence-electron chi connectivity index (χ2n) is 5.78. The maximum Gasteiger partial charge on any atom is 0.258 e. The van der Waals surface area contributed by atoms with Crippen LogP contribution >= 0.6 is 0 Å². The van der Waals surface area contributed by atoms with Crippen molar-refractivity contribution in [1.29, 1.82) is 0 Å². The van der Waals surface area contributed by atoms with E-state index in [0.717, 1.165) is 29.5 Å². The topological polar surface area (TPSA) is 59.3 Å². The maximum atomic E-state index is 12.6. The SMILES string of the molecule is CNC(=O)c1c(C2=CC=CCC2)oc(-c2ccc(C)cc2)cc1=O. The largest absolute Gasteiger partial charge is 0.455 e. The molecule has 0 spiro atoms. The van der Waals surface area contributed by atoms with Crippen LogP contribution in [0.15, 0.2) is 57.8 Å². The van der Waals surface area contributed by atoms with Gasteiger partial charge in [0, 0.05) is 18.7 Å². The Hall–Kier alpha value is -2.88. The fourth-order valence-corrected chi connectivity index (χ4v) is 2.71. The van der Waals surface area contributed by atoms with Crippen LogP contribution in [0.2, 0.25) is 0 Å². The van der Waals surface area contributed by atoms with E-state index in [2.05, 4.69) is 5.32 Å². The molecule has 1 amide bonds. The van der Waals surface area contributed by atoms with Crippen LogP contribution in [-0.4, -0.2) is 13.0 Å². The highest BCUT2D eigenvalue weighted by Crippen LogP contribution is 2.29. The molecule has 0 saturated heterocycles. The van der Waals surface area contributed by atoms with Crippen molar-refractivity contribution in [3.63, 3.8) is 0 Å². The van der Waals surface area contributed by atoms with Gasteiger partial charge in [-0.25, -0.2) is 0 Å². The summed E-state index contributed by atoms with van der Waals surface area (Å²) in [5, 5.41) is 2.52. The molecule has 1 aromatic heterocycles. The van der Waals surface area contributed by atoms with Crippen LogP contribution in [0.5, 0.6) is 0 Å². The predicted molar refractivity (Wildman–Crippen MR) is 94.9 cm³/mol. The van der Waals surface area contributed by atoms with Crippen LogP contribution in [0.3, 0.4) is 0 Å². The van der Waals surface area contributed by atoms with Crippen molar-refractivity contribution < 1.29 is 9.21 Å². The molecule has 1 aliphatic rings. The first kappa shape index (κ1) is 16.0. The average molecular weight is 321 g/mol. The lowest BCUT2D eigenvalue weighted by Gasteiger charge is -2.13. The van der Waals surface area contributed by atoms with Gasteiger partial charge in [0.2, 0.25) is 0 Å². The summed E-state index contributed by atoms with van der Waals surface area (Å²) in [6.07, 6.45) is 7.46. The maximum absolute atomic E-state index is 12.6. The Morgan fingerprint density at radius 3 is 2.58 bits per heavy atom. The summed E-state index contributed by atoms with van der Waals surface area (Å²) in [7, 11) is 1.51. The third-order valence-corrected chi connectivity index (χ3v) is 4.04. The highest BCUT2D eigenvalue weighted by molar-refractivity contribution is 5.98. The van der Waals surface area contributed by atoms with Crippen LogP contribution in [-0.2, 0) is 0 Å². The first-order valence-electron chi connectivity index (χ1n) is 7.93. The molecule has 0 radical (unpaired) electrons. The minimum atomic E-state index is -0.426. The molecule has 0 saturated carbocycles. The highest BCUT2D eigenvalue weighted by Gasteiger charge is 2.22. The lowest BCUT2D eigenvalue weighted by Crippen LogP contribution is -2.27. The van der Waals surface area contributed by atoms with E-state index in [1.807, 2.05) is 49.4 Å². The second kappa shape index (κ2) is 6.71. The fourth-order valence-electron chi connectivity index (χ4n) is 2.71. The molecule has 0 fully saturated rings. The molecule has 0 aliphatic heterocycles. The molecule has 1 heterocycles. The molecule has 4 heteroatoms. The van der Waals surface area contributed by atoms with Gasteiger partial charge in [-0.05, 0) is 25.3 Å². The molecule has 4 nitrogen and oxygen atoms in total. The Kier molecular flexibility index (Phi) is 4.47. The number of amides is 1. The van der Waals surface area contributed by atoms with E-state index in [0.29, 0.717) is 11.5 Å². The van der Waals surface area contributed by atoms with E-state index in [-0.39, 0.29) is 11.0 Å². The summed E-state index contributed by atoms with van der Waals surface area (Å²) in [5.74, 6) is 0.407. The van der Waals surface area contributed by atoms with Crippen LogP contribution in [0.25, 0.3) is 16.9 Å². The quantitative estimate of drug-likeness (QED) is 0.937. The minimum absolute atomic E-state index is 0.0647. The van der Waals surface area contributed by atoms with Gasteiger partial charge < -0.3 is 9.73 Å². The zero-order valence-electron chi connectivity index (χ0n) is 13.8. The highest BCUT2D eigenvalue weighted by atomic mass is 16.3. The van der Waals surface area contributed by atoms with Crippen molar-refractivity contribution in [1.82, 2.24) is 5.32 Å². The van der Waals surface area contributed by atoms with Crippen LogP contribution in [0.1, 0.15) is 34.5 Å². The van der Waals surface area contributed by atoms with E-state index in [4.69, 9.17) is 4.42 Å². The standard InChI is InChI=1S/C20H19NO3/c1-13-8-10-14(11-9-13)17-12-16(22)18(20(23)21-2)19(24-17)15-6-4-3-5-7-15/h3-4,6,8-12H,5,7H2,1-2H3,(H,21,23). The molecule has 2 aromatic rings. The van der Waals surface area contributed by atoms with Crippen LogP contribution in [0.4, 0.5) is 0 Å². The predicted octanol–water partition coefficient (Wildman–Crippen LogP) is 3.71. The summed E-state index contributed by atoms with van der Waals surface area (Å²) in [5.41, 5.74) is 2.54. The third-order valence-electron chi connectivity index (χ3n) is 4.04. The first-order valence-corrected chi connectivity index (χ1v) is 7.93. The molecular formula is C20H19NO3. The van der Waals surface area contributed by atoms with Gasteiger partial charge in [-0.3, -0.25) is 9.59 Å². The van der Waals surface area contributed by atoms with Crippen LogP contribution in [0, 0.1) is 6.92 Å². The minimum Gasteiger partial charge on any atom is -0.455 e. The van der Waals surface area contributed by atoms with Gasteiger partial charge in [0.15, 0.2) is 5.43 Å². The second-order valence-corrected chi connectivity index (χ2v) is 5.78. The number of hydrogen-bond acceptors (Lipinski definition) is 3. The smallest absolute Gasteiger partial charge is 0.258 e. The van der Waals surface area contributed by atoms with E-state index >= 15 is 0 Å². The summed E-state index contributed by atoms with van der Waals surface area (Å²) >= 11 is 0. The molecular weight excluding hydrogens is 302 g/mol. The van der Waals surface area contributed by atoms with Gasteiger partial charge in [0.1, 0.15) is 17.1 Å². The van der Waals surface area contributed by atoms with Crippen LogP contribution < -0.4 is 10.7 Å². The average Bonchev–Trinajstić information content (AvgIpc) is 2.62. The van der Waals surface area contributed by atoms with Crippen molar-refractivity contribution in [2.45, 2.75) is 19.8 Å². The lowest BCUT2D eigenvalue weighted by atomic mass is 9.98. The molecule has 24 heavy (non-hydrogen) atoms. The Labute approximate surface area is 140 Å². The van der Waals surface area contributed by atoms with Gasteiger partial charge in [-0.15, -0.1) is 0 Å². The van der Waals surface area contributed by atoms with Crippen molar-refractivity contribution in [2.75, 3.05) is 7.05 Å². The van der Waals surface area contributed by atoms with Crippen molar-refractivity contribution >= 4 is 11.5 Å². The van der Waals surface area contributed by atoms with Crippen molar-refractivity contribution in [2.24, 2.45) is 0 Å². The number of aryl methyl sites for hydroxylation is 1. The normalized spacial score (nSPS) is 13.5. The monoisotopic (exact) mass is 321 g/mol. The van der Waals surface area contributed by atoms with Gasteiger partial charge in [-0.2, -0.15) is 0 Å². The number of nitrogens with one attached hydrogen (secondary N) is 1. The number of carbonyl (C=O) groups is 1. The molecule has 1 aromatic carbocycles. The number of allylic oxidation sites excluding steroid dienone is 4. The third kappa shape index (κ3) is 3.08. The number of carbonyl (C=O) groups excluding carboxylic acids is 1. The zero-order chi connectivity index (χ0) is 17.1. The van der Waals surface area contributed by atoms with E-state index in [9.17, 15) is 9.59 Å². The van der Waals surface area contributed by atoms with Gasteiger partial charge >= 0.3 is 0 Å². The summed E-state index contributed by atoms with van der Waals surface area (Å²) < 4.78 is 6.01. The zero-order valence-corrected chi connectivity index (χ0v) is 13.8. The molecule has 122 valence electrons. The summed E-state index contributed by atoms with van der Waals surface area (Å²) in [6.45, 7) is 2.00. The summed E-state index contributed by atoms with van der Waals surface area (Å²) in [6, 6.07) is 9.13. The van der Waals surface area contributed by atoms with Gasteiger partial charge in [0.25, 0.3) is 5.91 Å². The molecule has 0 atom stereocenters. The first-order chi connectivity index (χ1) is 11.6. The number of benzene rings is 1. The number of rotatable bonds is 3. The molecule has 1 N–H and O–H groups in total. The fraction of sp³-hybridized carbons (Fsp3) is 0.200. The van der Waals surface area contributed by atoms with Gasteiger partial charge in [0.05, 0.1) is 0 Å².